The van der Waals surface area contributed by atoms with Crippen molar-refractivity contribution in [3.63, 3.8) is 0 Å². The smallest absolute Gasteiger partial charge is 0.374 e. The lowest BCUT2D eigenvalue weighted by Gasteiger charge is -2.42. The van der Waals surface area contributed by atoms with E-state index in [2.05, 4.69) is 17.6 Å². The maximum absolute atomic E-state index is 13.7. The van der Waals surface area contributed by atoms with Gasteiger partial charge in [0.15, 0.2) is 0 Å². The SMILES string of the molecule is CC(=O)NC12CC(C)CC3(C1)C(C2)C3NC(O)C(C=N)=C([NH2+]C1CCC1)C(F)(F)F. The van der Waals surface area contributed by atoms with Crippen LogP contribution in [-0.4, -0.2) is 47.3 Å². The average Bonchev–Trinajstić information content (AvgIpc) is 2.98. The summed E-state index contributed by atoms with van der Waals surface area (Å²) < 4.78 is 41.0. The molecule has 0 heterocycles. The Morgan fingerprint density at radius 3 is 2.53 bits per heavy atom. The molecule has 9 heteroatoms. The van der Waals surface area contributed by atoms with Gasteiger partial charge in [0.1, 0.15) is 6.23 Å². The second-order valence-electron chi connectivity index (χ2n) is 10.1. The number of nitrogens with one attached hydrogen (secondary N) is 3. The minimum absolute atomic E-state index is 0.0551. The highest BCUT2D eigenvalue weighted by atomic mass is 19.4. The Balaban J connectivity index is 1.50. The van der Waals surface area contributed by atoms with E-state index >= 15 is 0 Å². The highest BCUT2D eigenvalue weighted by Crippen LogP contribution is 2.73. The zero-order chi connectivity index (χ0) is 21.9. The molecule has 4 aliphatic carbocycles. The number of hydrogen-bond acceptors (Lipinski definition) is 4. The van der Waals surface area contributed by atoms with Crippen molar-refractivity contribution in [3.8, 4) is 0 Å². The molecule has 30 heavy (non-hydrogen) atoms. The molecule has 0 aliphatic heterocycles. The number of carbonyl (C=O) groups excluding carboxylic acids is 1. The van der Waals surface area contributed by atoms with Gasteiger partial charge in [0, 0.05) is 24.7 Å². The second-order valence-corrected chi connectivity index (χ2v) is 10.1. The van der Waals surface area contributed by atoms with Crippen LogP contribution >= 0.6 is 0 Å². The van der Waals surface area contributed by atoms with Crippen LogP contribution in [0.2, 0.25) is 0 Å². The Labute approximate surface area is 174 Å². The number of nitrogens with two attached hydrogens (primary N) is 1. The normalized spacial score (nSPS) is 39.5. The summed E-state index contributed by atoms with van der Waals surface area (Å²) in [5.74, 6) is 0.566. The van der Waals surface area contributed by atoms with Gasteiger partial charge in [-0.3, -0.25) is 10.1 Å². The van der Waals surface area contributed by atoms with Gasteiger partial charge in [-0.1, -0.05) is 6.92 Å². The molecule has 6 unspecified atom stereocenters. The van der Waals surface area contributed by atoms with Gasteiger partial charge < -0.3 is 21.1 Å². The molecule has 4 aliphatic rings. The van der Waals surface area contributed by atoms with Crippen LogP contribution in [0.25, 0.3) is 0 Å². The van der Waals surface area contributed by atoms with Crippen molar-refractivity contribution in [2.75, 3.05) is 0 Å². The lowest BCUT2D eigenvalue weighted by molar-refractivity contribution is -0.671. The molecular formula is C21H32F3N4O2+. The van der Waals surface area contributed by atoms with Crippen LogP contribution in [-0.2, 0) is 4.79 Å². The van der Waals surface area contributed by atoms with E-state index in [1.165, 1.54) is 12.2 Å². The summed E-state index contributed by atoms with van der Waals surface area (Å²) in [5.41, 5.74) is -1.63. The summed E-state index contributed by atoms with van der Waals surface area (Å²) >= 11 is 0. The zero-order valence-corrected chi connectivity index (χ0v) is 17.5. The Bertz CT molecular complexity index is 766. The van der Waals surface area contributed by atoms with Gasteiger partial charge in [-0.2, -0.15) is 13.2 Å². The number of aliphatic hydroxyl groups is 1. The largest absolute Gasteiger partial charge is 0.467 e. The van der Waals surface area contributed by atoms with E-state index < -0.39 is 23.7 Å². The van der Waals surface area contributed by atoms with Crippen molar-refractivity contribution in [1.82, 2.24) is 10.6 Å². The van der Waals surface area contributed by atoms with Crippen molar-refractivity contribution >= 4 is 12.1 Å². The summed E-state index contributed by atoms with van der Waals surface area (Å²) in [5, 5.41) is 25.6. The van der Waals surface area contributed by atoms with E-state index in [-0.39, 0.29) is 34.9 Å². The van der Waals surface area contributed by atoms with Crippen LogP contribution in [0, 0.1) is 22.7 Å². The minimum Gasteiger partial charge on any atom is -0.374 e. The van der Waals surface area contributed by atoms with E-state index in [0.717, 1.165) is 32.1 Å². The highest BCUT2D eigenvalue weighted by Gasteiger charge is 2.74. The fourth-order valence-corrected chi connectivity index (χ4v) is 6.72. The van der Waals surface area contributed by atoms with Crippen molar-refractivity contribution in [3.05, 3.63) is 11.3 Å². The molecule has 6 N–H and O–H groups in total. The van der Waals surface area contributed by atoms with Crippen molar-refractivity contribution < 1.29 is 28.4 Å². The van der Waals surface area contributed by atoms with Gasteiger partial charge in [-0.15, -0.1) is 0 Å². The Morgan fingerprint density at radius 1 is 1.30 bits per heavy atom. The maximum atomic E-state index is 13.7. The molecule has 0 saturated heterocycles. The van der Waals surface area contributed by atoms with Crippen LogP contribution in [0.4, 0.5) is 13.2 Å². The summed E-state index contributed by atoms with van der Waals surface area (Å²) in [6.07, 6.45) is 0.263. The standard InChI is InChI=1S/C21H31F3N4O2/c1-11-6-19(28-12(2)29)8-15-17(20(15,7-11)10-19)27-18(30)14(9-25)16(21(22,23)24)26-13-4-3-5-13/h9,11,13,15,17-18,25-27,30H,3-8,10H2,1-2H3,(H,28,29)/p+1. The number of quaternary nitrogens is 1. The van der Waals surface area contributed by atoms with Gasteiger partial charge in [-0.05, 0) is 62.2 Å². The molecule has 0 aromatic rings. The monoisotopic (exact) mass is 429 g/mol. The highest BCUT2D eigenvalue weighted by molar-refractivity contribution is 5.78. The van der Waals surface area contributed by atoms with Gasteiger partial charge in [0.25, 0.3) is 0 Å². The molecule has 168 valence electrons. The molecule has 1 spiro atoms. The van der Waals surface area contributed by atoms with E-state index in [9.17, 15) is 23.1 Å². The van der Waals surface area contributed by atoms with Gasteiger partial charge in [0.05, 0.1) is 11.6 Å². The lowest BCUT2D eigenvalue weighted by atomic mass is 9.72. The molecule has 4 rings (SSSR count). The molecule has 4 fully saturated rings. The molecular weight excluding hydrogens is 397 g/mol. The lowest BCUT2D eigenvalue weighted by Crippen LogP contribution is -2.92. The zero-order valence-electron chi connectivity index (χ0n) is 17.5. The minimum atomic E-state index is -4.61. The summed E-state index contributed by atoms with van der Waals surface area (Å²) in [6, 6.07) is -0.231. The number of carbonyl (C=O) groups is 1. The van der Waals surface area contributed by atoms with E-state index in [1.807, 2.05) is 0 Å². The number of amides is 1. The van der Waals surface area contributed by atoms with E-state index in [1.54, 1.807) is 0 Å². The molecule has 4 saturated carbocycles. The Hall–Kier alpha value is -1.45. The third-order valence-electron chi connectivity index (χ3n) is 7.79. The number of rotatable bonds is 7. The summed E-state index contributed by atoms with van der Waals surface area (Å²) in [6.45, 7) is 3.66. The van der Waals surface area contributed by atoms with E-state index in [0.29, 0.717) is 25.0 Å². The number of fused-ring (bicyclic) bond motifs is 1. The summed E-state index contributed by atoms with van der Waals surface area (Å²) in [7, 11) is 0. The molecule has 6 atom stereocenters. The fraction of sp³-hybridized carbons (Fsp3) is 0.810. The molecule has 6 nitrogen and oxygen atoms in total. The number of allylic oxidation sites excluding steroid dienone is 1. The van der Waals surface area contributed by atoms with Crippen molar-refractivity contribution in [1.29, 1.82) is 5.41 Å². The van der Waals surface area contributed by atoms with E-state index in [4.69, 9.17) is 5.41 Å². The predicted octanol–water partition coefficient (Wildman–Crippen LogP) is 1.56. The Kier molecular flexibility index (Phi) is 5.30. The molecule has 0 aromatic carbocycles. The molecule has 1 amide bonds. The van der Waals surface area contributed by atoms with Gasteiger partial charge in [-0.25, -0.2) is 0 Å². The predicted molar refractivity (Wildman–Crippen MR) is 104 cm³/mol. The maximum Gasteiger partial charge on any atom is 0.467 e. The molecule has 2 bridgehead atoms. The third kappa shape index (κ3) is 3.69. The number of halogens is 3. The summed E-state index contributed by atoms with van der Waals surface area (Å²) in [4.78, 5) is 11.7. The Morgan fingerprint density at radius 2 is 2.00 bits per heavy atom. The average molecular weight is 430 g/mol. The quantitative estimate of drug-likeness (QED) is 0.314. The first-order chi connectivity index (χ1) is 14.0. The first-order valence-electron chi connectivity index (χ1n) is 10.9. The third-order valence-corrected chi connectivity index (χ3v) is 7.79. The first-order valence-corrected chi connectivity index (χ1v) is 10.9. The fourth-order valence-electron chi connectivity index (χ4n) is 6.72. The van der Waals surface area contributed by atoms with Crippen LogP contribution in [0.3, 0.4) is 0 Å². The molecule has 0 aromatic heterocycles. The van der Waals surface area contributed by atoms with Crippen LogP contribution in [0.5, 0.6) is 0 Å². The van der Waals surface area contributed by atoms with Crippen LogP contribution in [0.15, 0.2) is 11.3 Å². The topological polar surface area (TPSA) is 102 Å². The number of alkyl halides is 3. The van der Waals surface area contributed by atoms with Gasteiger partial charge in [0.2, 0.25) is 11.6 Å². The van der Waals surface area contributed by atoms with Crippen molar-refractivity contribution in [2.24, 2.45) is 17.3 Å². The van der Waals surface area contributed by atoms with Crippen LogP contribution in [0.1, 0.15) is 58.8 Å². The first kappa shape index (κ1) is 21.8. The molecule has 0 radical (unpaired) electrons. The van der Waals surface area contributed by atoms with Gasteiger partial charge >= 0.3 is 6.18 Å². The number of aliphatic hydroxyl groups excluding tert-OH is 1. The second kappa shape index (κ2) is 7.31. The number of hydrogen-bond donors (Lipinski definition) is 5. The van der Waals surface area contributed by atoms with Crippen LogP contribution < -0.4 is 16.0 Å². The van der Waals surface area contributed by atoms with Crippen molar-refractivity contribution in [2.45, 2.75) is 88.8 Å².